The van der Waals surface area contributed by atoms with Gasteiger partial charge in [0.2, 0.25) is 5.28 Å². The highest BCUT2D eigenvalue weighted by atomic mass is 35.5. The van der Waals surface area contributed by atoms with E-state index < -0.39 is 6.10 Å². The zero-order valence-corrected chi connectivity index (χ0v) is 11.5. The van der Waals surface area contributed by atoms with Crippen LogP contribution in [-0.2, 0) is 0 Å². The van der Waals surface area contributed by atoms with E-state index in [-0.39, 0.29) is 5.28 Å². The summed E-state index contributed by atoms with van der Waals surface area (Å²) in [5, 5.41) is 13.6. The quantitative estimate of drug-likeness (QED) is 0.843. The van der Waals surface area contributed by atoms with E-state index in [9.17, 15) is 5.11 Å². The third-order valence-corrected chi connectivity index (χ3v) is 3.84. The molecule has 2 aromatic heterocycles. The molecule has 6 heteroatoms. The van der Waals surface area contributed by atoms with Crippen LogP contribution in [0.15, 0.2) is 0 Å². The van der Waals surface area contributed by atoms with Crippen LogP contribution in [0.3, 0.4) is 0 Å². The summed E-state index contributed by atoms with van der Waals surface area (Å²) in [7, 11) is 0. The van der Waals surface area contributed by atoms with Crippen LogP contribution < -0.4 is 5.32 Å². The van der Waals surface area contributed by atoms with Crippen LogP contribution in [0.1, 0.15) is 17.4 Å². The first-order valence-corrected chi connectivity index (χ1v) is 6.53. The lowest BCUT2D eigenvalue weighted by atomic mass is 10.2. The Bertz CT molecular complexity index is 553. The van der Waals surface area contributed by atoms with Crippen LogP contribution in [-0.4, -0.2) is 27.7 Å². The van der Waals surface area contributed by atoms with Gasteiger partial charge in [-0.2, -0.15) is 0 Å². The summed E-state index contributed by atoms with van der Waals surface area (Å²) in [6, 6.07) is 0. The lowest BCUT2D eigenvalue weighted by Crippen LogP contribution is -2.16. The van der Waals surface area contributed by atoms with E-state index in [1.54, 1.807) is 18.3 Å². The van der Waals surface area contributed by atoms with Gasteiger partial charge >= 0.3 is 0 Å². The Kier molecular flexibility index (Phi) is 3.51. The minimum atomic E-state index is -0.432. The number of nitrogens with zero attached hydrogens (tertiary/aromatic N) is 2. The maximum Gasteiger partial charge on any atom is 0.225 e. The van der Waals surface area contributed by atoms with Gasteiger partial charge in [0.05, 0.1) is 11.5 Å². The van der Waals surface area contributed by atoms with E-state index in [2.05, 4.69) is 15.3 Å². The fraction of sp³-hybridized carbons (Fsp3) is 0.455. The summed E-state index contributed by atoms with van der Waals surface area (Å²) in [5.74, 6) is 0.697. The smallest absolute Gasteiger partial charge is 0.225 e. The highest BCUT2D eigenvalue weighted by Crippen LogP contribution is 2.33. The van der Waals surface area contributed by atoms with Gasteiger partial charge in [-0.3, -0.25) is 0 Å². The number of hydrogen-bond donors (Lipinski definition) is 2. The van der Waals surface area contributed by atoms with Crippen molar-refractivity contribution in [1.82, 2.24) is 9.97 Å². The van der Waals surface area contributed by atoms with Crippen molar-refractivity contribution in [3.05, 3.63) is 15.7 Å². The van der Waals surface area contributed by atoms with E-state index in [1.807, 2.05) is 13.8 Å². The molecule has 0 aliphatic rings. The van der Waals surface area contributed by atoms with Gasteiger partial charge in [0.25, 0.3) is 0 Å². The number of aryl methyl sites for hydroxylation is 2. The van der Waals surface area contributed by atoms with E-state index in [0.29, 0.717) is 12.4 Å². The molecule has 0 aliphatic carbocycles. The van der Waals surface area contributed by atoms with E-state index in [1.165, 1.54) is 4.88 Å². The van der Waals surface area contributed by atoms with Crippen LogP contribution >= 0.6 is 22.9 Å². The van der Waals surface area contributed by atoms with Crippen molar-refractivity contribution >= 4 is 39.0 Å². The van der Waals surface area contributed by atoms with Crippen molar-refractivity contribution in [2.45, 2.75) is 26.9 Å². The molecule has 2 heterocycles. The lowest BCUT2D eigenvalue weighted by molar-refractivity contribution is 0.208. The number of hydrogen-bond acceptors (Lipinski definition) is 5. The number of rotatable bonds is 3. The van der Waals surface area contributed by atoms with Crippen molar-refractivity contribution in [3.63, 3.8) is 0 Å². The molecule has 1 atom stereocenters. The number of fused-ring (bicyclic) bond motifs is 1. The van der Waals surface area contributed by atoms with Gasteiger partial charge in [-0.15, -0.1) is 11.3 Å². The molecule has 92 valence electrons. The third-order valence-electron chi connectivity index (χ3n) is 2.57. The number of nitrogens with one attached hydrogen (secondary N) is 1. The highest BCUT2D eigenvalue weighted by Gasteiger charge is 2.13. The first-order valence-electron chi connectivity index (χ1n) is 5.34. The second-order valence-corrected chi connectivity index (χ2v) is 5.58. The molecule has 2 rings (SSSR count). The Balaban J connectivity index is 2.52. The van der Waals surface area contributed by atoms with Gasteiger partial charge in [0, 0.05) is 11.4 Å². The molecule has 1 unspecified atom stereocenters. The van der Waals surface area contributed by atoms with Crippen LogP contribution in [0.25, 0.3) is 10.2 Å². The average Bonchev–Trinajstić information content (AvgIpc) is 2.51. The highest BCUT2D eigenvalue weighted by molar-refractivity contribution is 7.18. The van der Waals surface area contributed by atoms with E-state index in [4.69, 9.17) is 11.6 Å². The molecule has 4 nitrogen and oxygen atoms in total. The second kappa shape index (κ2) is 4.76. The Labute approximate surface area is 109 Å². The molecule has 0 saturated heterocycles. The van der Waals surface area contributed by atoms with E-state index >= 15 is 0 Å². The Morgan fingerprint density at radius 2 is 2.12 bits per heavy atom. The molecule has 0 saturated carbocycles. The monoisotopic (exact) mass is 271 g/mol. The molecule has 0 fully saturated rings. The summed E-state index contributed by atoms with van der Waals surface area (Å²) < 4.78 is 0. The molecular formula is C11H14ClN3OS. The number of aliphatic hydroxyl groups excluding tert-OH is 1. The Morgan fingerprint density at radius 3 is 2.76 bits per heavy atom. The normalized spacial score (nSPS) is 13.0. The molecule has 2 N–H and O–H groups in total. The molecule has 17 heavy (non-hydrogen) atoms. The summed E-state index contributed by atoms with van der Waals surface area (Å²) in [4.78, 5) is 10.5. The van der Waals surface area contributed by atoms with Crippen molar-refractivity contribution in [2.75, 3.05) is 11.9 Å². The average molecular weight is 272 g/mol. The largest absolute Gasteiger partial charge is 0.392 e. The SMILES string of the molecule is Cc1sc2nc(Cl)nc(NCC(C)O)c2c1C. The standard InChI is InChI=1S/C11H14ClN3OS/c1-5(16)4-13-9-8-6(2)7(3)17-10(8)15-11(12)14-9/h5,16H,4H2,1-3H3,(H,13,14,15). The minimum Gasteiger partial charge on any atom is -0.392 e. The van der Waals surface area contributed by atoms with Gasteiger partial charge < -0.3 is 10.4 Å². The Hall–Kier alpha value is -0.910. The molecular weight excluding hydrogens is 258 g/mol. The molecule has 0 aromatic carbocycles. The molecule has 0 radical (unpaired) electrons. The lowest BCUT2D eigenvalue weighted by Gasteiger charge is -2.09. The topological polar surface area (TPSA) is 58.0 Å². The first-order chi connectivity index (χ1) is 7.99. The first kappa shape index (κ1) is 12.5. The number of anilines is 1. The predicted molar refractivity (Wildman–Crippen MR) is 72.1 cm³/mol. The molecule has 0 spiro atoms. The van der Waals surface area contributed by atoms with Crippen LogP contribution in [0.4, 0.5) is 5.82 Å². The van der Waals surface area contributed by atoms with Crippen molar-refractivity contribution in [1.29, 1.82) is 0 Å². The Morgan fingerprint density at radius 1 is 1.41 bits per heavy atom. The van der Waals surface area contributed by atoms with E-state index in [0.717, 1.165) is 15.8 Å². The fourth-order valence-electron chi connectivity index (χ4n) is 1.60. The van der Waals surface area contributed by atoms with Gasteiger partial charge in [0.15, 0.2) is 0 Å². The second-order valence-electron chi connectivity index (χ2n) is 4.03. The van der Waals surface area contributed by atoms with Gasteiger partial charge in [-0.25, -0.2) is 9.97 Å². The predicted octanol–water partition coefficient (Wildman–Crippen LogP) is 2.75. The maximum atomic E-state index is 9.29. The van der Waals surface area contributed by atoms with Crippen molar-refractivity contribution < 1.29 is 5.11 Å². The van der Waals surface area contributed by atoms with Crippen molar-refractivity contribution in [2.24, 2.45) is 0 Å². The zero-order valence-electron chi connectivity index (χ0n) is 9.91. The summed E-state index contributed by atoms with van der Waals surface area (Å²) in [6.45, 7) is 6.25. The van der Waals surface area contributed by atoms with Gasteiger partial charge in [0.1, 0.15) is 10.6 Å². The number of aromatic nitrogens is 2. The zero-order chi connectivity index (χ0) is 12.6. The van der Waals surface area contributed by atoms with Crippen LogP contribution in [0.5, 0.6) is 0 Å². The molecule has 2 aromatic rings. The number of aliphatic hydroxyl groups is 1. The number of thiophene rings is 1. The third kappa shape index (κ3) is 2.51. The van der Waals surface area contributed by atoms with Crippen LogP contribution in [0, 0.1) is 13.8 Å². The summed E-state index contributed by atoms with van der Waals surface area (Å²) in [6.07, 6.45) is -0.432. The van der Waals surface area contributed by atoms with Crippen molar-refractivity contribution in [3.8, 4) is 0 Å². The van der Waals surface area contributed by atoms with Crippen LogP contribution in [0.2, 0.25) is 5.28 Å². The minimum absolute atomic E-state index is 0.229. The summed E-state index contributed by atoms with van der Waals surface area (Å²) in [5.41, 5.74) is 1.16. The fourth-order valence-corrected chi connectivity index (χ4v) is 2.84. The molecule has 0 aliphatic heterocycles. The molecule has 0 amide bonds. The summed E-state index contributed by atoms with van der Waals surface area (Å²) >= 11 is 7.49. The van der Waals surface area contributed by atoms with Gasteiger partial charge in [-0.1, -0.05) is 0 Å². The van der Waals surface area contributed by atoms with Gasteiger partial charge in [-0.05, 0) is 37.9 Å². The number of halogens is 1. The maximum absolute atomic E-state index is 9.29. The molecule has 0 bridgehead atoms.